The third kappa shape index (κ3) is 3.70. The van der Waals surface area contributed by atoms with Crippen molar-refractivity contribution in [1.29, 1.82) is 0 Å². The average molecular weight is 548 g/mol. The molecule has 0 aliphatic heterocycles. The van der Waals surface area contributed by atoms with E-state index in [1.165, 1.54) is 32.3 Å². The number of pyridine rings is 1. The molecule has 0 aliphatic rings. The molecule has 9 aromatic rings. The number of hydrogen-bond donors (Lipinski definition) is 0. The van der Waals surface area contributed by atoms with Gasteiger partial charge in [0.1, 0.15) is 11.2 Å². The van der Waals surface area contributed by atoms with Crippen LogP contribution in [-0.4, -0.2) is 4.98 Å². The van der Waals surface area contributed by atoms with Crippen LogP contribution in [0.4, 0.5) is 0 Å². The van der Waals surface area contributed by atoms with Crippen LogP contribution >= 0.6 is 0 Å². The Morgan fingerprint density at radius 2 is 0.884 bits per heavy atom. The van der Waals surface area contributed by atoms with Crippen LogP contribution in [-0.2, 0) is 0 Å². The standard InChI is InChI=1S/C41H25NO/c1-3-13-26(14-4-1)28-23-35(27-15-5-2-6-16-27)42-36(24-28)41-39-32-20-10-9-18-30(32)29-17-7-8-19-31(29)34(39)25-38-40(41)33-21-11-12-22-37(33)43-38/h1-25H. The average Bonchev–Trinajstić information content (AvgIpc) is 3.46. The van der Waals surface area contributed by atoms with Crippen molar-refractivity contribution in [2.45, 2.75) is 0 Å². The maximum absolute atomic E-state index is 6.59. The second-order valence-electron chi connectivity index (χ2n) is 11.1. The van der Waals surface area contributed by atoms with Gasteiger partial charge in [-0.05, 0) is 62.3 Å². The van der Waals surface area contributed by atoms with Crippen molar-refractivity contribution in [2.24, 2.45) is 0 Å². The number of fused-ring (bicyclic) bond motifs is 9. The number of rotatable bonds is 3. The number of aromatic nitrogens is 1. The number of para-hydroxylation sites is 1. The van der Waals surface area contributed by atoms with Crippen LogP contribution in [0.15, 0.2) is 156 Å². The molecule has 0 N–H and O–H groups in total. The van der Waals surface area contributed by atoms with E-state index in [-0.39, 0.29) is 0 Å². The molecule has 0 saturated heterocycles. The van der Waals surface area contributed by atoms with E-state index in [1.807, 2.05) is 6.07 Å². The van der Waals surface area contributed by atoms with Gasteiger partial charge in [-0.2, -0.15) is 0 Å². The molecule has 9 rings (SSSR count). The summed E-state index contributed by atoms with van der Waals surface area (Å²) in [5.74, 6) is 0. The lowest BCUT2D eigenvalue weighted by atomic mass is 9.87. The van der Waals surface area contributed by atoms with E-state index in [2.05, 4.69) is 146 Å². The Kier molecular flexibility index (Phi) is 5.23. The molecule has 2 aromatic heterocycles. The lowest BCUT2D eigenvalue weighted by Crippen LogP contribution is -1.94. The Balaban J connectivity index is 1.53. The first-order valence-corrected chi connectivity index (χ1v) is 14.6. The smallest absolute Gasteiger partial charge is 0.136 e. The fourth-order valence-corrected chi connectivity index (χ4v) is 6.74. The zero-order valence-corrected chi connectivity index (χ0v) is 23.3. The minimum absolute atomic E-state index is 0.873. The first-order chi connectivity index (χ1) is 21.3. The van der Waals surface area contributed by atoms with Gasteiger partial charge in [-0.3, -0.25) is 0 Å². The largest absolute Gasteiger partial charge is 0.456 e. The van der Waals surface area contributed by atoms with E-state index in [4.69, 9.17) is 9.40 Å². The van der Waals surface area contributed by atoms with Gasteiger partial charge >= 0.3 is 0 Å². The summed E-state index contributed by atoms with van der Waals surface area (Å²) in [5.41, 5.74) is 8.12. The highest BCUT2D eigenvalue weighted by Gasteiger charge is 2.22. The zero-order chi connectivity index (χ0) is 28.3. The first-order valence-electron chi connectivity index (χ1n) is 14.6. The number of benzene rings is 7. The van der Waals surface area contributed by atoms with Crippen molar-refractivity contribution in [3.63, 3.8) is 0 Å². The molecular formula is C41H25NO. The summed E-state index contributed by atoms with van der Waals surface area (Å²) in [4.78, 5) is 5.43. The predicted molar refractivity (Wildman–Crippen MR) is 180 cm³/mol. The zero-order valence-electron chi connectivity index (χ0n) is 23.3. The van der Waals surface area contributed by atoms with Crippen molar-refractivity contribution in [3.05, 3.63) is 152 Å². The van der Waals surface area contributed by atoms with Crippen LogP contribution in [0.5, 0.6) is 0 Å². The molecule has 2 heteroatoms. The lowest BCUT2D eigenvalue weighted by molar-refractivity contribution is 0.669. The molecule has 0 saturated carbocycles. The molecule has 0 bridgehead atoms. The summed E-state index contributed by atoms with van der Waals surface area (Å²) in [6.07, 6.45) is 0. The molecule has 0 radical (unpaired) electrons. The van der Waals surface area contributed by atoms with E-state index in [0.717, 1.165) is 55.6 Å². The minimum Gasteiger partial charge on any atom is -0.456 e. The molecule has 200 valence electrons. The molecule has 0 aliphatic carbocycles. The molecule has 43 heavy (non-hydrogen) atoms. The van der Waals surface area contributed by atoms with Gasteiger partial charge < -0.3 is 4.42 Å². The molecule has 0 atom stereocenters. The van der Waals surface area contributed by atoms with Crippen LogP contribution < -0.4 is 0 Å². The molecule has 0 spiro atoms. The summed E-state index contributed by atoms with van der Waals surface area (Å²) in [7, 11) is 0. The Hall–Kier alpha value is -5.73. The van der Waals surface area contributed by atoms with Crippen molar-refractivity contribution >= 4 is 54.3 Å². The number of nitrogens with zero attached hydrogens (tertiary/aromatic N) is 1. The summed E-state index contributed by atoms with van der Waals surface area (Å²) in [5, 5.41) is 9.47. The number of hydrogen-bond acceptors (Lipinski definition) is 2. The summed E-state index contributed by atoms with van der Waals surface area (Å²) >= 11 is 0. The first kappa shape index (κ1) is 23.9. The van der Waals surface area contributed by atoms with Gasteiger partial charge in [-0.15, -0.1) is 0 Å². The fourth-order valence-electron chi connectivity index (χ4n) is 6.74. The monoisotopic (exact) mass is 547 g/mol. The van der Waals surface area contributed by atoms with Gasteiger partial charge in [0.15, 0.2) is 0 Å². The molecule has 0 fully saturated rings. The van der Waals surface area contributed by atoms with Crippen LogP contribution in [0, 0.1) is 0 Å². The third-order valence-corrected chi connectivity index (χ3v) is 8.63. The topological polar surface area (TPSA) is 26.0 Å². The molecular weight excluding hydrogens is 522 g/mol. The Morgan fingerprint density at radius 1 is 0.349 bits per heavy atom. The van der Waals surface area contributed by atoms with Crippen molar-refractivity contribution in [2.75, 3.05) is 0 Å². The maximum atomic E-state index is 6.59. The van der Waals surface area contributed by atoms with Gasteiger partial charge in [0.2, 0.25) is 0 Å². The van der Waals surface area contributed by atoms with Crippen LogP contribution in [0.25, 0.3) is 87.9 Å². The Bertz CT molecular complexity index is 2430. The molecule has 7 aromatic carbocycles. The van der Waals surface area contributed by atoms with Gasteiger partial charge in [0.05, 0.1) is 11.4 Å². The van der Waals surface area contributed by atoms with Gasteiger partial charge in [-0.1, -0.05) is 127 Å². The SMILES string of the molecule is c1ccc(-c2cc(-c3ccccc3)nc(-c3c4c(cc5c6ccccc6c6ccccc6c35)oc3ccccc34)c2)cc1. The second-order valence-corrected chi connectivity index (χ2v) is 11.1. The van der Waals surface area contributed by atoms with Crippen molar-refractivity contribution < 1.29 is 4.42 Å². The summed E-state index contributed by atoms with van der Waals surface area (Å²) < 4.78 is 6.59. The van der Waals surface area contributed by atoms with E-state index >= 15 is 0 Å². The Labute approximate surface area is 248 Å². The van der Waals surface area contributed by atoms with E-state index in [0.29, 0.717) is 0 Å². The Morgan fingerprint density at radius 3 is 1.60 bits per heavy atom. The normalized spacial score (nSPS) is 11.7. The molecule has 0 unspecified atom stereocenters. The molecule has 0 amide bonds. The third-order valence-electron chi connectivity index (χ3n) is 8.63. The highest BCUT2D eigenvalue weighted by atomic mass is 16.3. The quantitative estimate of drug-likeness (QED) is 0.206. The van der Waals surface area contributed by atoms with E-state index in [9.17, 15) is 0 Å². The van der Waals surface area contributed by atoms with E-state index < -0.39 is 0 Å². The minimum atomic E-state index is 0.873. The van der Waals surface area contributed by atoms with Crippen LogP contribution in [0.2, 0.25) is 0 Å². The fraction of sp³-hybridized carbons (Fsp3) is 0. The van der Waals surface area contributed by atoms with Crippen molar-refractivity contribution in [3.8, 4) is 33.6 Å². The highest BCUT2D eigenvalue weighted by molar-refractivity contribution is 6.33. The highest BCUT2D eigenvalue weighted by Crippen LogP contribution is 2.47. The summed E-state index contributed by atoms with van der Waals surface area (Å²) in [6, 6.07) is 53.6. The van der Waals surface area contributed by atoms with Crippen LogP contribution in [0.3, 0.4) is 0 Å². The van der Waals surface area contributed by atoms with Gasteiger partial charge in [0.25, 0.3) is 0 Å². The predicted octanol–water partition coefficient (Wildman–Crippen LogP) is 11.4. The number of furan rings is 1. The summed E-state index contributed by atoms with van der Waals surface area (Å²) in [6.45, 7) is 0. The maximum Gasteiger partial charge on any atom is 0.136 e. The van der Waals surface area contributed by atoms with E-state index in [1.54, 1.807) is 0 Å². The molecule has 2 nitrogen and oxygen atoms in total. The van der Waals surface area contributed by atoms with Crippen molar-refractivity contribution in [1.82, 2.24) is 4.98 Å². The van der Waals surface area contributed by atoms with Gasteiger partial charge in [0, 0.05) is 27.3 Å². The lowest BCUT2D eigenvalue weighted by Gasteiger charge is -2.17. The molecule has 2 heterocycles. The second kappa shape index (κ2) is 9.40. The van der Waals surface area contributed by atoms with Crippen LogP contribution in [0.1, 0.15) is 0 Å². The van der Waals surface area contributed by atoms with Gasteiger partial charge in [-0.25, -0.2) is 4.98 Å².